The third-order valence-corrected chi connectivity index (χ3v) is 4.10. The molecule has 4 amide bonds. The van der Waals surface area contributed by atoms with E-state index in [9.17, 15) is 19.5 Å². The Balaban J connectivity index is 1.94. The molecule has 0 aliphatic carbocycles. The monoisotopic (exact) mass is 396 g/mol. The zero-order valence-corrected chi connectivity index (χ0v) is 16.0. The summed E-state index contributed by atoms with van der Waals surface area (Å²) in [5, 5.41) is 12.0. The molecule has 1 saturated heterocycles. The van der Waals surface area contributed by atoms with Crippen molar-refractivity contribution in [1.82, 2.24) is 5.32 Å². The summed E-state index contributed by atoms with van der Waals surface area (Å²) in [5.41, 5.74) is 0.549. The number of imide groups is 2. The maximum absolute atomic E-state index is 12.9. The van der Waals surface area contributed by atoms with Crippen LogP contribution in [0.3, 0.4) is 0 Å². The van der Waals surface area contributed by atoms with Crippen molar-refractivity contribution in [3.05, 3.63) is 53.6 Å². The van der Waals surface area contributed by atoms with Crippen LogP contribution in [0.15, 0.2) is 48.0 Å². The Labute approximate surface area is 167 Å². The first-order chi connectivity index (χ1) is 13.9. The quantitative estimate of drug-likeness (QED) is 0.575. The SMILES string of the molecule is CCOc1ccc(N2C(=O)NC(=O)/C(=C/c3ccc(O)c(OCC)c3)C2=O)cc1. The number of barbiturate groups is 1. The van der Waals surface area contributed by atoms with Crippen molar-refractivity contribution in [3.63, 3.8) is 0 Å². The fraction of sp³-hybridized carbons (Fsp3) is 0.190. The average molecular weight is 396 g/mol. The van der Waals surface area contributed by atoms with Gasteiger partial charge in [-0.15, -0.1) is 0 Å². The fourth-order valence-electron chi connectivity index (χ4n) is 2.81. The number of urea groups is 1. The zero-order valence-electron chi connectivity index (χ0n) is 16.0. The number of carbonyl (C=O) groups is 3. The molecule has 0 aromatic heterocycles. The van der Waals surface area contributed by atoms with Gasteiger partial charge in [0.25, 0.3) is 11.8 Å². The van der Waals surface area contributed by atoms with Gasteiger partial charge in [0.05, 0.1) is 18.9 Å². The second-order valence-corrected chi connectivity index (χ2v) is 6.04. The van der Waals surface area contributed by atoms with Gasteiger partial charge >= 0.3 is 6.03 Å². The number of phenolic OH excluding ortho intramolecular Hbond substituents is 1. The molecule has 29 heavy (non-hydrogen) atoms. The molecular formula is C21H20N2O6. The number of aromatic hydroxyl groups is 1. The summed E-state index contributed by atoms with van der Waals surface area (Å²) in [4.78, 5) is 38.3. The number of amides is 4. The van der Waals surface area contributed by atoms with E-state index in [1.54, 1.807) is 31.2 Å². The van der Waals surface area contributed by atoms with Gasteiger partial charge in [-0.3, -0.25) is 14.9 Å². The van der Waals surface area contributed by atoms with Gasteiger partial charge in [0.1, 0.15) is 11.3 Å². The molecule has 2 aromatic rings. The van der Waals surface area contributed by atoms with Gasteiger partial charge in [-0.2, -0.15) is 0 Å². The Morgan fingerprint density at radius 1 is 1.00 bits per heavy atom. The van der Waals surface area contributed by atoms with E-state index in [4.69, 9.17) is 9.47 Å². The summed E-state index contributed by atoms with van der Waals surface area (Å²) < 4.78 is 10.7. The molecule has 1 fully saturated rings. The van der Waals surface area contributed by atoms with E-state index in [2.05, 4.69) is 5.32 Å². The lowest BCUT2D eigenvalue weighted by Gasteiger charge is -2.26. The molecule has 0 unspecified atom stereocenters. The molecule has 0 radical (unpaired) electrons. The molecule has 2 N–H and O–H groups in total. The highest BCUT2D eigenvalue weighted by atomic mass is 16.5. The van der Waals surface area contributed by atoms with Crippen molar-refractivity contribution in [1.29, 1.82) is 0 Å². The molecule has 150 valence electrons. The van der Waals surface area contributed by atoms with Crippen LogP contribution in [0.4, 0.5) is 10.5 Å². The molecule has 8 heteroatoms. The van der Waals surface area contributed by atoms with Gasteiger partial charge in [0.2, 0.25) is 0 Å². The smallest absolute Gasteiger partial charge is 0.335 e. The Morgan fingerprint density at radius 2 is 1.69 bits per heavy atom. The minimum atomic E-state index is -0.831. The van der Waals surface area contributed by atoms with Crippen LogP contribution in [0.1, 0.15) is 19.4 Å². The lowest BCUT2D eigenvalue weighted by Crippen LogP contribution is -2.54. The summed E-state index contributed by atoms with van der Waals surface area (Å²) in [6, 6.07) is 9.99. The van der Waals surface area contributed by atoms with E-state index < -0.39 is 17.8 Å². The lowest BCUT2D eigenvalue weighted by molar-refractivity contribution is -0.122. The molecule has 1 aliphatic heterocycles. The summed E-state index contributed by atoms with van der Waals surface area (Å²) in [6.45, 7) is 4.44. The van der Waals surface area contributed by atoms with Crippen LogP contribution in [0.5, 0.6) is 17.2 Å². The summed E-state index contributed by atoms with van der Waals surface area (Å²) >= 11 is 0. The summed E-state index contributed by atoms with van der Waals surface area (Å²) in [7, 11) is 0. The lowest BCUT2D eigenvalue weighted by atomic mass is 10.1. The third kappa shape index (κ3) is 4.21. The van der Waals surface area contributed by atoms with E-state index in [0.717, 1.165) is 4.90 Å². The van der Waals surface area contributed by atoms with E-state index in [1.807, 2.05) is 6.92 Å². The largest absolute Gasteiger partial charge is 0.504 e. The highest BCUT2D eigenvalue weighted by Crippen LogP contribution is 2.29. The molecular weight excluding hydrogens is 376 g/mol. The first-order valence-corrected chi connectivity index (χ1v) is 9.04. The van der Waals surface area contributed by atoms with Crippen molar-refractivity contribution in [2.24, 2.45) is 0 Å². The number of nitrogens with one attached hydrogen (secondary N) is 1. The van der Waals surface area contributed by atoms with Crippen LogP contribution >= 0.6 is 0 Å². The van der Waals surface area contributed by atoms with Crippen molar-refractivity contribution in [3.8, 4) is 17.2 Å². The van der Waals surface area contributed by atoms with Crippen molar-refractivity contribution < 1.29 is 29.0 Å². The summed E-state index contributed by atoms with van der Waals surface area (Å²) in [6.07, 6.45) is 1.34. The van der Waals surface area contributed by atoms with Gasteiger partial charge in [0, 0.05) is 0 Å². The van der Waals surface area contributed by atoms with Gasteiger partial charge in [-0.1, -0.05) is 6.07 Å². The highest BCUT2D eigenvalue weighted by molar-refractivity contribution is 6.39. The van der Waals surface area contributed by atoms with Crippen LogP contribution in [-0.2, 0) is 9.59 Å². The van der Waals surface area contributed by atoms with Crippen LogP contribution in [0.25, 0.3) is 6.08 Å². The molecule has 3 rings (SSSR count). The van der Waals surface area contributed by atoms with E-state index in [-0.39, 0.29) is 17.1 Å². The van der Waals surface area contributed by atoms with Gasteiger partial charge in [-0.05, 0) is 61.9 Å². The molecule has 0 saturated carbocycles. The number of hydrogen-bond acceptors (Lipinski definition) is 6. The van der Waals surface area contributed by atoms with Gasteiger partial charge in [0.15, 0.2) is 11.5 Å². The van der Waals surface area contributed by atoms with Crippen molar-refractivity contribution in [2.45, 2.75) is 13.8 Å². The van der Waals surface area contributed by atoms with Crippen LogP contribution in [0, 0.1) is 0 Å². The van der Waals surface area contributed by atoms with E-state index in [1.165, 1.54) is 24.3 Å². The maximum Gasteiger partial charge on any atom is 0.335 e. The molecule has 0 bridgehead atoms. The molecule has 0 spiro atoms. The number of ether oxygens (including phenoxy) is 2. The number of benzene rings is 2. The fourth-order valence-corrected chi connectivity index (χ4v) is 2.81. The summed E-state index contributed by atoms with van der Waals surface area (Å²) in [5.74, 6) is -0.785. The maximum atomic E-state index is 12.9. The Bertz CT molecular complexity index is 981. The molecule has 8 nitrogen and oxygen atoms in total. The Kier molecular flexibility index (Phi) is 5.82. The predicted molar refractivity (Wildman–Crippen MR) is 106 cm³/mol. The number of phenols is 1. The number of nitrogens with zero attached hydrogens (tertiary/aromatic N) is 1. The van der Waals surface area contributed by atoms with Gasteiger partial charge < -0.3 is 14.6 Å². The topological polar surface area (TPSA) is 105 Å². The van der Waals surface area contributed by atoms with Crippen molar-refractivity contribution in [2.75, 3.05) is 18.1 Å². The third-order valence-electron chi connectivity index (χ3n) is 4.10. The zero-order chi connectivity index (χ0) is 21.0. The molecule has 1 heterocycles. The van der Waals surface area contributed by atoms with Gasteiger partial charge in [-0.25, -0.2) is 9.69 Å². The predicted octanol–water partition coefficient (Wildman–Crippen LogP) is 2.86. The first kappa shape index (κ1) is 19.9. The van der Waals surface area contributed by atoms with Crippen LogP contribution < -0.4 is 19.7 Å². The highest BCUT2D eigenvalue weighted by Gasteiger charge is 2.36. The first-order valence-electron chi connectivity index (χ1n) is 9.04. The van der Waals surface area contributed by atoms with Crippen molar-refractivity contribution >= 4 is 29.6 Å². The minimum Gasteiger partial charge on any atom is -0.504 e. The number of hydrogen-bond donors (Lipinski definition) is 2. The van der Waals surface area contributed by atoms with Crippen LogP contribution in [-0.4, -0.2) is 36.2 Å². The number of rotatable bonds is 6. The minimum absolute atomic E-state index is 0.0559. The van der Waals surface area contributed by atoms with Crippen LogP contribution in [0.2, 0.25) is 0 Å². The van der Waals surface area contributed by atoms with E-state index >= 15 is 0 Å². The number of carbonyl (C=O) groups excluding carboxylic acids is 3. The Morgan fingerprint density at radius 3 is 2.34 bits per heavy atom. The molecule has 0 atom stereocenters. The molecule has 1 aliphatic rings. The second kappa shape index (κ2) is 8.47. The number of anilines is 1. The normalized spacial score (nSPS) is 15.4. The second-order valence-electron chi connectivity index (χ2n) is 6.04. The average Bonchev–Trinajstić information content (AvgIpc) is 2.69. The standard InChI is InChI=1S/C21H20N2O6/c1-3-28-15-8-6-14(7-9-15)23-20(26)16(19(25)22-21(23)27)11-13-5-10-17(24)18(12-13)29-4-2/h5-12,24H,3-4H2,1-2H3,(H,22,25,27)/b16-11-. The Hall–Kier alpha value is -3.81. The molecule has 2 aromatic carbocycles. The van der Waals surface area contributed by atoms with E-state index in [0.29, 0.717) is 30.2 Å².